The molecule has 0 aromatic carbocycles. The summed E-state index contributed by atoms with van der Waals surface area (Å²) in [5.74, 6) is -0.185. The minimum Gasteiger partial charge on any atom is -0.426 e. The van der Waals surface area contributed by atoms with Gasteiger partial charge in [-0.25, -0.2) is 0 Å². The van der Waals surface area contributed by atoms with Crippen LogP contribution in [0, 0.1) is 0 Å². The Labute approximate surface area is 132 Å². The lowest BCUT2D eigenvalue weighted by atomic mass is 10.2. The van der Waals surface area contributed by atoms with Crippen molar-refractivity contribution in [3.05, 3.63) is 48.8 Å². The second kappa shape index (κ2) is 13.0. The van der Waals surface area contributed by atoms with Crippen LogP contribution in [0.25, 0.3) is 0 Å². The molecular weight excluding hydrogens is 308 g/mol. The Kier molecular flexibility index (Phi) is 13.3. The van der Waals surface area contributed by atoms with Gasteiger partial charge in [-0.2, -0.15) is 8.42 Å². The molecule has 0 aromatic rings. The van der Waals surface area contributed by atoms with Crippen molar-refractivity contribution in [1.82, 2.24) is 0 Å². The summed E-state index contributed by atoms with van der Waals surface area (Å²) in [4.78, 5) is 10.8. The van der Waals surface area contributed by atoms with Crippen LogP contribution < -0.4 is 0 Å². The summed E-state index contributed by atoms with van der Waals surface area (Å²) in [6.45, 7) is 10.6. The van der Waals surface area contributed by atoms with Crippen molar-refractivity contribution < 1.29 is 27.2 Å². The lowest BCUT2D eigenvalue weighted by Crippen LogP contribution is -2.08. The first kappa shape index (κ1) is 22.6. The van der Waals surface area contributed by atoms with E-state index in [4.69, 9.17) is 9.29 Å². The zero-order valence-corrected chi connectivity index (χ0v) is 14.1. The molecule has 0 bridgehead atoms. The predicted octanol–water partition coefficient (Wildman–Crippen LogP) is 2.66. The molecule has 0 aliphatic carbocycles. The van der Waals surface area contributed by atoms with Crippen molar-refractivity contribution in [3.63, 3.8) is 0 Å². The Morgan fingerprint density at radius 3 is 2.09 bits per heavy atom. The number of carbonyl (C=O) groups excluding carboxylic acids is 1. The van der Waals surface area contributed by atoms with Gasteiger partial charge >= 0.3 is 5.97 Å². The molecule has 1 N–H and O–H groups in total. The van der Waals surface area contributed by atoms with E-state index in [0.717, 1.165) is 6.42 Å². The van der Waals surface area contributed by atoms with Crippen LogP contribution in [0.1, 0.15) is 20.3 Å². The first-order valence-electron chi connectivity index (χ1n) is 6.50. The molecule has 0 atom stereocenters. The van der Waals surface area contributed by atoms with Gasteiger partial charge in [0.05, 0.1) is 12.4 Å². The summed E-state index contributed by atoms with van der Waals surface area (Å²) in [6.07, 6.45) is 7.74. The molecule has 6 nitrogen and oxygen atoms in total. The Bertz CT molecular complexity index is 504. The van der Waals surface area contributed by atoms with Crippen molar-refractivity contribution in [2.24, 2.45) is 0 Å². The summed E-state index contributed by atoms with van der Waals surface area (Å²) in [7, 11) is -2.45. The average Bonchev–Trinajstić information content (AvgIpc) is 2.43. The molecule has 0 aromatic heterocycles. The number of esters is 1. The average molecular weight is 332 g/mol. The van der Waals surface area contributed by atoms with E-state index in [1.807, 2.05) is 13.0 Å². The minimum absolute atomic E-state index is 0.0405. The molecule has 0 saturated carbocycles. The van der Waals surface area contributed by atoms with Gasteiger partial charge in [0.1, 0.15) is 5.76 Å². The van der Waals surface area contributed by atoms with Gasteiger partial charge in [0.15, 0.2) is 0 Å². The van der Waals surface area contributed by atoms with Crippen LogP contribution in [0.2, 0.25) is 0 Å². The number of hydrogen-bond donors (Lipinski definition) is 1. The lowest BCUT2D eigenvalue weighted by molar-refractivity contribution is -0.136. The fourth-order valence-corrected chi connectivity index (χ4v) is 1.42. The highest BCUT2D eigenvalue weighted by Crippen LogP contribution is 2.11. The van der Waals surface area contributed by atoms with Gasteiger partial charge in [0.25, 0.3) is 10.1 Å². The molecule has 0 unspecified atom stereocenters. The number of allylic oxidation sites excluding steroid dienone is 5. The minimum atomic E-state index is -3.81. The Morgan fingerprint density at radius 2 is 1.82 bits per heavy atom. The molecule has 0 heterocycles. The SMILES string of the molecule is C=CC(C=C)=C(/C=C\CC)OC(C)=O.COCCS(=O)(=O)O. The van der Waals surface area contributed by atoms with Gasteiger partial charge in [0.2, 0.25) is 0 Å². The van der Waals surface area contributed by atoms with Gasteiger partial charge in [0, 0.05) is 19.6 Å². The van der Waals surface area contributed by atoms with E-state index in [1.54, 1.807) is 18.2 Å². The highest BCUT2D eigenvalue weighted by atomic mass is 32.2. The highest BCUT2D eigenvalue weighted by Gasteiger charge is 2.02. The molecule has 126 valence electrons. The largest absolute Gasteiger partial charge is 0.426 e. The van der Waals surface area contributed by atoms with Crippen molar-refractivity contribution in [1.29, 1.82) is 0 Å². The molecule has 7 heteroatoms. The van der Waals surface area contributed by atoms with Crippen molar-refractivity contribution >= 4 is 16.1 Å². The van der Waals surface area contributed by atoms with Crippen LogP contribution in [0.4, 0.5) is 0 Å². The lowest BCUT2D eigenvalue weighted by Gasteiger charge is -2.04. The maximum Gasteiger partial charge on any atom is 0.308 e. The van der Waals surface area contributed by atoms with Gasteiger partial charge in [-0.05, 0) is 12.5 Å². The van der Waals surface area contributed by atoms with Crippen LogP contribution in [0.15, 0.2) is 48.8 Å². The van der Waals surface area contributed by atoms with Gasteiger partial charge < -0.3 is 9.47 Å². The maximum absolute atomic E-state index is 10.8. The Balaban J connectivity index is 0. The van der Waals surface area contributed by atoms with E-state index in [2.05, 4.69) is 17.9 Å². The normalized spacial score (nSPS) is 10.4. The Hall–Kier alpha value is -1.70. The molecule has 0 amide bonds. The number of rotatable bonds is 8. The Morgan fingerprint density at radius 1 is 1.27 bits per heavy atom. The summed E-state index contributed by atoms with van der Waals surface area (Å²) in [5, 5.41) is 0. The number of methoxy groups -OCH3 is 1. The smallest absolute Gasteiger partial charge is 0.308 e. The number of hydrogen-bond acceptors (Lipinski definition) is 5. The van der Waals surface area contributed by atoms with Crippen molar-refractivity contribution in [2.75, 3.05) is 19.5 Å². The van der Waals surface area contributed by atoms with E-state index >= 15 is 0 Å². The second-order valence-corrected chi connectivity index (χ2v) is 5.48. The molecule has 22 heavy (non-hydrogen) atoms. The van der Waals surface area contributed by atoms with Crippen LogP contribution in [0.3, 0.4) is 0 Å². The van der Waals surface area contributed by atoms with E-state index in [1.165, 1.54) is 14.0 Å². The van der Waals surface area contributed by atoms with E-state index in [0.29, 0.717) is 11.3 Å². The third kappa shape index (κ3) is 14.7. The quantitative estimate of drug-likeness (QED) is 0.318. The van der Waals surface area contributed by atoms with E-state index in [-0.39, 0.29) is 18.3 Å². The molecular formula is C15H24O6S. The van der Waals surface area contributed by atoms with E-state index < -0.39 is 10.1 Å². The zero-order chi connectivity index (χ0) is 17.6. The van der Waals surface area contributed by atoms with Crippen LogP contribution >= 0.6 is 0 Å². The zero-order valence-electron chi connectivity index (χ0n) is 13.2. The molecule has 0 aliphatic rings. The summed E-state index contributed by atoms with van der Waals surface area (Å²) < 4.78 is 37.2. The fraction of sp³-hybridized carbons (Fsp3) is 0.400. The van der Waals surface area contributed by atoms with Crippen LogP contribution in [0.5, 0.6) is 0 Å². The first-order chi connectivity index (χ1) is 10.2. The molecule has 0 aliphatic heterocycles. The standard InChI is InChI=1S/C12H16O2.C3H8O4S/c1-5-8-9-12(14-10(4)13)11(6-2)7-3;1-7-2-3-8(4,5)6/h6-9H,2-3,5H2,1,4H3;2-3H2,1H3,(H,4,5,6)/b9-8-;. The van der Waals surface area contributed by atoms with E-state index in [9.17, 15) is 13.2 Å². The molecule has 0 spiro atoms. The summed E-state index contributed by atoms with van der Waals surface area (Å²) >= 11 is 0. The number of ether oxygens (including phenoxy) is 2. The molecule has 0 saturated heterocycles. The monoisotopic (exact) mass is 332 g/mol. The predicted molar refractivity (Wildman–Crippen MR) is 86.9 cm³/mol. The number of carbonyl (C=O) groups is 1. The third-order valence-corrected chi connectivity index (χ3v) is 2.71. The van der Waals surface area contributed by atoms with Crippen LogP contribution in [-0.2, 0) is 24.4 Å². The van der Waals surface area contributed by atoms with Gasteiger partial charge in [-0.3, -0.25) is 9.35 Å². The molecule has 0 radical (unpaired) electrons. The van der Waals surface area contributed by atoms with Crippen molar-refractivity contribution in [2.45, 2.75) is 20.3 Å². The van der Waals surface area contributed by atoms with Gasteiger partial charge in [-0.15, -0.1) is 0 Å². The van der Waals surface area contributed by atoms with Crippen LogP contribution in [-0.4, -0.2) is 38.4 Å². The van der Waals surface area contributed by atoms with Crippen molar-refractivity contribution in [3.8, 4) is 0 Å². The topological polar surface area (TPSA) is 89.9 Å². The third-order valence-electron chi connectivity index (χ3n) is 2.03. The molecule has 0 fully saturated rings. The second-order valence-electron chi connectivity index (χ2n) is 3.91. The highest BCUT2D eigenvalue weighted by molar-refractivity contribution is 7.85. The summed E-state index contributed by atoms with van der Waals surface area (Å²) in [6, 6.07) is 0. The van der Waals surface area contributed by atoms with Gasteiger partial charge in [-0.1, -0.05) is 38.3 Å². The summed E-state index contributed by atoms with van der Waals surface area (Å²) in [5.41, 5.74) is 0.713. The molecule has 0 rings (SSSR count). The first-order valence-corrected chi connectivity index (χ1v) is 8.10. The maximum atomic E-state index is 10.8. The fourth-order valence-electron chi connectivity index (χ4n) is 1.04.